The third kappa shape index (κ3) is 3.16. The molecule has 1 aliphatic heterocycles. The second-order valence-electron chi connectivity index (χ2n) is 5.39. The molecule has 114 valence electrons. The fourth-order valence-electron chi connectivity index (χ4n) is 2.45. The van der Waals surface area contributed by atoms with Crippen molar-refractivity contribution in [3.8, 4) is 0 Å². The van der Waals surface area contributed by atoms with Crippen LogP contribution < -0.4 is 5.32 Å². The van der Waals surface area contributed by atoms with Gasteiger partial charge in [0.05, 0.1) is 6.54 Å². The van der Waals surface area contributed by atoms with E-state index in [0.29, 0.717) is 18.7 Å². The molecule has 1 aliphatic rings. The highest BCUT2D eigenvalue weighted by molar-refractivity contribution is 5.95. The highest BCUT2D eigenvalue weighted by Crippen LogP contribution is 2.14. The molecule has 1 fully saturated rings. The number of hydrogen-bond acceptors (Lipinski definition) is 4. The number of carbonyl (C=O) groups excluding carboxylic acids is 2. The number of rotatable bonds is 4. The van der Waals surface area contributed by atoms with Gasteiger partial charge in [-0.05, 0) is 18.6 Å². The van der Waals surface area contributed by atoms with Crippen molar-refractivity contribution in [3.63, 3.8) is 0 Å². The van der Waals surface area contributed by atoms with Gasteiger partial charge in [0.25, 0.3) is 5.91 Å². The van der Waals surface area contributed by atoms with E-state index in [4.69, 9.17) is 4.74 Å². The Bertz CT molecular complexity index is 681. The summed E-state index contributed by atoms with van der Waals surface area (Å²) in [6, 6.07) is 10.9. The Morgan fingerprint density at radius 1 is 1.36 bits per heavy atom. The summed E-state index contributed by atoms with van der Waals surface area (Å²) < 4.78 is 6.71. The number of benzene rings is 1. The topological polar surface area (TPSA) is 73.2 Å². The van der Waals surface area contributed by atoms with Crippen molar-refractivity contribution in [1.82, 2.24) is 15.1 Å². The molecule has 0 spiro atoms. The number of nitrogens with one attached hydrogen (secondary N) is 1. The Balaban J connectivity index is 1.63. The fraction of sp³-hybridized carbons (Fsp3) is 0.312. The Morgan fingerprint density at radius 3 is 2.82 bits per heavy atom. The lowest BCUT2D eigenvalue weighted by Gasteiger charge is -2.06. The summed E-state index contributed by atoms with van der Waals surface area (Å²) in [6.45, 7) is 2.40. The Kier molecular flexibility index (Phi) is 3.91. The maximum absolute atomic E-state index is 12.1. The summed E-state index contributed by atoms with van der Waals surface area (Å²) in [7, 11) is 0. The maximum Gasteiger partial charge on any atom is 0.329 e. The average Bonchev–Trinajstić information content (AvgIpc) is 3.07. The van der Waals surface area contributed by atoms with E-state index in [9.17, 15) is 9.59 Å². The molecule has 1 aromatic heterocycles. The van der Waals surface area contributed by atoms with Crippen molar-refractivity contribution < 1.29 is 14.3 Å². The van der Waals surface area contributed by atoms with Crippen LogP contribution in [0.1, 0.15) is 29.4 Å². The molecule has 2 heterocycles. The zero-order valence-electron chi connectivity index (χ0n) is 12.2. The van der Waals surface area contributed by atoms with Crippen molar-refractivity contribution in [2.24, 2.45) is 0 Å². The number of ether oxygens (including phenoxy) is 1. The minimum atomic E-state index is -0.582. The van der Waals surface area contributed by atoms with Crippen LogP contribution in [0.2, 0.25) is 0 Å². The molecule has 6 heteroatoms. The molecular formula is C16H17N3O3. The molecule has 0 radical (unpaired) electrons. The molecule has 1 amide bonds. The number of hydrogen-bond donors (Lipinski definition) is 1. The van der Waals surface area contributed by atoms with Gasteiger partial charge in [-0.3, -0.25) is 9.48 Å². The first-order valence-corrected chi connectivity index (χ1v) is 7.20. The number of aromatic nitrogens is 2. The van der Waals surface area contributed by atoms with Crippen molar-refractivity contribution in [2.45, 2.75) is 32.0 Å². The van der Waals surface area contributed by atoms with Gasteiger partial charge in [-0.15, -0.1) is 0 Å². The summed E-state index contributed by atoms with van der Waals surface area (Å²) in [5.74, 6) is -0.743. The summed E-state index contributed by atoms with van der Waals surface area (Å²) in [4.78, 5) is 23.7. The molecule has 0 bridgehead atoms. The Morgan fingerprint density at radius 2 is 2.14 bits per heavy atom. The summed E-state index contributed by atoms with van der Waals surface area (Å²) in [5.41, 5.74) is 1.40. The molecule has 2 aromatic rings. The smallest absolute Gasteiger partial charge is 0.329 e. The monoisotopic (exact) mass is 299 g/mol. The van der Waals surface area contributed by atoms with Crippen molar-refractivity contribution in [3.05, 3.63) is 53.9 Å². The molecule has 3 rings (SSSR count). The van der Waals surface area contributed by atoms with E-state index < -0.39 is 6.04 Å². The molecule has 6 nitrogen and oxygen atoms in total. The molecule has 2 atom stereocenters. The van der Waals surface area contributed by atoms with E-state index in [1.165, 1.54) is 0 Å². The van der Waals surface area contributed by atoms with E-state index in [0.717, 1.165) is 5.56 Å². The Hall–Kier alpha value is -2.63. The van der Waals surface area contributed by atoms with Gasteiger partial charge in [-0.2, -0.15) is 5.10 Å². The van der Waals surface area contributed by atoms with E-state index in [1.807, 2.05) is 30.3 Å². The van der Waals surface area contributed by atoms with Crippen LogP contribution in [-0.2, 0) is 16.1 Å². The van der Waals surface area contributed by atoms with E-state index in [2.05, 4.69) is 10.4 Å². The van der Waals surface area contributed by atoms with Crippen LogP contribution >= 0.6 is 0 Å². The van der Waals surface area contributed by atoms with Gasteiger partial charge in [0.15, 0.2) is 0 Å². The fourth-order valence-corrected chi connectivity index (χ4v) is 2.45. The number of carbonyl (C=O) groups is 2. The highest BCUT2D eigenvalue weighted by atomic mass is 16.6. The van der Waals surface area contributed by atoms with Crippen LogP contribution in [0.3, 0.4) is 0 Å². The number of cyclic esters (lactones) is 1. The third-order valence-electron chi connectivity index (χ3n) is 3.54. The quantitative estimate of drug-likeness (QED) is 0.865. The van der Waals surface area contributed by atoms with Crippen LogP contribution in [0.15, 0.2) is 42.6 Å². The second-order valence-corrected chi connectivity index (χ2v) is 5.39. The number of nitrogens with zero attached hydrogens (tertiary/aromatic N) is 2. The van der Waals surface area contributed by atoms with Crippen LogP contribution in [0.25, 0.3) is 0 Å². The second kappa shape index (κ2) is 6.01. The minimum Gasteiger partial charge on any atom is -0.461 e. The minimum absolute atomic E-state index is 0.159. The van der Waals surface area contributed by atoms with E-state index in [-0.39, 0.29) is 18.0 Å². The molecule has 0 aliphatic carbocycles. The van der Waals surface area contributed by atoms with E-state index >= 15 is 0 Å². The lowest BCUT2D eigenvalue weighted by atomic mass is 10.2. The maximum atomic E-state index is 12.1. The van der Waals surface area contributed by atoms with Crippen molar-refractivity contribution in [1.29, 1.82) is 0 Å². The first-order valence-electron chi connectivity index (χ1n) is 7.20. The first kappa shape index (κ1) is 14.3. The molecule has 0 saturated carbocycles. The van der Waals surface area contributed by atoms with Gasteiger partial charge in [-0.25, -0.2) is 4.79 Å². The predicted molar refractivity (Wildman–Crippen MR) is 79.2 cm³/mol. The molecular weight excluding hydrogens is 282 g/mol. The summed E-state index contributed by atoms with van der Waals surface area (Å²) >= 11 is 0. The standard InChI is InChI=1S/C16H17N3O3/c1-11-9-14(16(21)22-11)17-15(20)13-7-8-19(18-13)10-12-5-3-2-4-6-12/h2-8,11,14H,9-10H2,1H3,(H,17,20). The van der Waals surface area contributed by atoms with Crippen LogP contribution in [0.4, 0.5) is 0 Å². The molecule has 1 saturated heterocycles. The zero-order valence-corrected chi connectivity index (χ0v) is 12.2. The summed E-state index contributed by atoms with van der Waals surface area (Å²) in [5, 5.41) is 6.91. The van der Waals surface area contributed by atoms with Crippen LogP contribution in [-0.4, -0.2) is 33.8 Å². The van der Waals surface area contributed by atoms with Gasteiger partial charge >= 0.3 is 5.97 Å². The highest BCUT2D eigenvalue weighted by Gasteiger charge is 2.33. The van der Waals surface area contributed by atoms with Gasteiger partial charge in [-0.1, -0.05) is 30.3 Å². The zero-order chi connectivity index (χ0) is 15.5. The van der Waals surface area contributed by atoms with Crippen molar-refractivity contribution >= 4 is 11.9 Å². The number of amides is 1. The molecule has 22 heavy (non-hydrogen) atoms. The van der Waals surface area contributed by atoms with Crippen LogP contribution in [0.5, 0.6) is 0 Å². The predicted octanol–water partition coefficient (Wildman–Crippen LogP) is 1.37. The largest absolute Gasteiger partial charge is 0.461 e. The molecule has 1 N–H and O–H groups in total. The number of esters is 1. The Labute approximate surface area is 128 Å². The lowest BCUT2D eigenvalue weighted by molar-refractivity contribution is -0.142. The van der Waals surface area contributed by atoms with Gasteiger partial charge < -0.3 is 10.1 Å². The van der Waals surface area contributed by atoms with Gasteiger partial charge in [0.2, 0.25) is 0 Å². The van der Waals surface area contributed by atoms with Gasteiger partial charge in [0, 0.05) is 12.6 Å². The van der Waals surface area contributed by atoms with Gasteiger partial charge in [0.1, 0.15) is 17.8 Å². The lowest BCUT2D eigenvalue weighted by Crippen LogP contribution is -2.38. The normalized spacial score (nSPS) is 20.7. The van der Waals surface area contributed by atoms with Crippen molar-refractivity contribution in [2.75, 3.05) is 0 Å². The van der Waals surface area contributed by atoms with Crippen LogP contribution in [0, 0.1) is 0 Å². The van der Waals surface area contributed by atoms with E-state index in [1.54, 1.807) is 23.9 Å². The molecule has 2 unspecified atom stereocenters. The average molecular weight is 299 g/mol. The first-order chi connectivity index (χ1) is 10.6. The summed E-state index contributed by atoms with van der Waals surface area (Å²) in [6.07, 6.45) is 2.08. The third-order valence-corrected chi connectivity index (χ3v) is 3.54. The SMILES string of the molecule is CC1CC(NC(=O)c2ccn(Cc3ccccc3)n2)C(=O)O1. The molecule has 1 aromatic carbocycles.